The number of ketones is 1. The van der Waals surface area contributed by atoms with Crippen LogP contribution in [0.25, 0.3) is 11.1 Å². The number of hydrogen-bond acceptors (Lipinski definition) is 3. The Morgan fingerprint density at radius 3 is 2.50 bits per heavy atom. The lowest BCUT2D eigenvalue weighted by Crippen LogP contribution is -2.09. The number of aryl methyl sites for hydroxylation is 2. The molecule has 0 aliphatic heterocycles. The van der Waals surface area contributed by atoms with Gasteiger partial charge in [0.15, 0.2) is 11.6 Å². The van der Waals surface area contributed by atoms with E-state index in [1.807, 2.05) is 43.3 Å². The van der Waals surface area contributed by atoms with Crippen molar-refractivity contribution in [3.8, 4) is 11.1 Å². The van der Waals surface area contributed by atoms with Gasteiger partial charge in [-0.3, -0.25) is 4.79 Å². The summed E-state index contributed by atoms with van der Waals surface area (Å²) in [4.78, 5) is 21.4. The molecule has 0 fully saturated rings. The first-order chi connectivity index (χ1) is 14.5. The number of rotatable bonds is 9. The number of benzene rings is 2. The van der Waals surface area contributed by atoms with E-state index in [0.29, 0.717) is 23.0 Å². The summed E-state index contributed by atoms with van der Waals surface area (Å²) in [6, 6.07) is 20.2. The van der Waals surface area contributed by atoms with Gasteiger partial charge in [-0.05, 0) is 68.0 Å². The molecule has 3 aromatic rings. The van der Waals surface area contributed by atoms with Crippen LogP contribution in [-0.2, 0) is 11.2 Å². The molecule has 0 spiro atoms. The number of carbonyl (C=O) groups excluding carboxylic acids is 1. The SMILES string of the molecule is CC(=Nc1ncc(-c2cccc(Cl)c2)cc1C)C(=O)CCCCCc1ccccc1. The minimum absolute atomic E-state index is 0.0924. The number of Topliss-reactive ketones (excluding diaryl/α,β-unsaturated/α-hetero) is 1. The largest absolute Gasteiger partial charge is 0.293 e. The highest BCUT2D eigenvalue weighted by Crippen LogP contribution is 2.26. The molecule has 0 radical (unpaired) electrons. The number of aromatic nitrogens is 1. The van der Waals surface area contributed by atoms with E-state index in [9.17, 15) is 4.79 Å². The highest BCUT2D eigenvalue weighted by Gasteiger charge is 2.09. The number of aliphatic imine (C=N–C) groups is 1. The topological polar surface area (TPSA) is 42.3 Å². The number of halogens is 1. The van der Waals surface area contributed by atoms with Crippen molar-refractivity contribution in [3.63, 3.8) is 0 Å². The number of hydrogen-bond donors (Lipinski definition) is 0. The normalized spacial score (nSPS) is 11.5. The van der Waals surface area contributed by atoms with E-state index in [4.69, 9.17) is 11.6 Å². The summed E-state index contributed by atoms with van der Waals surface area (Å²) in [5, 5.41) is 0.692. The van der Waals surface area contributed by atoms with Gasteiger partial charge in [-0.25, -0.2) is 9.98 Å². The lowest BCUT2D eigenvalue weighted by atomic mass is 10.0. The summed E-state index contributed by atoms with van der Waals surface area (Å²) in [7, 11) is 0. The average molecular weight is 419 g/mol. The summed E-state index contributed by atoms with van der Waals surface area (Å²) in [5.41, 5.74) is 4.80. The zero-order chi connectivity index (χ0) is 21.3. The molecule has 1 aromatic heterocycles. The van der Waals surface area contributed by atoms with Crippen LogP contribution >= 0.6 is 11.6 Å². The summed E-state index contributed by atoms with van der Waals surface area (Å²) in [5.74, 6) is 0.686. The maximum atomic E-state index is 12.4. The standard InChI is InChI=1S/C26H27ClN2O/c1-19-16-23(22-13-9-14-24(27)17-22)18-28-26(19)29-20(2)25(30)15-8-4-7-12-21-10-5-3-6-11-21/h3,5-6,9-11,13-14,16-18H,4,7-8,12,15H2,1-2H3. The van der Waals surface area contributed by atoms with Crippen molar-refractivity contribution in [2.75, 3.05) is 0 Å². The number of nitrogens with zero attached hydrogens (tertiary/aromatic N) is 2. The first-order valence-corrected chi connectivity index (χ1v) is 10.8. The van der Waals surface area contributed by atoms with E-state index >= 15 is 0 Å². The van der Waals surface area contributed by atoms with E-state index in [2.05, 4.69) is 34.2 Å². The molecule has 0 bridgehead atoms. The quantitative estimate of drug-likeness (QED) is 0.273. The minimum atomic E-state index is 0.0924. The van der Waals surface area contributed by atoms with Gasteiger partial charge in [-0.2, -0.15) is 0 Å². The van der Waals surface area contributed by atoms with Crippen molar-refractivity contribution in [1.29, 1.82) is 0 Å². The van der Waals surface area contributed by atoms with Crippen molar-refractivity contribution in [2.45, 2.75) is 46.0 Å². The maximum Gasteiger partial charge on any atom is 0.176 e. The fraction of sp³-hybridized carbons (Fsp3) is 0.269. The van der Waals surface area contributed by atoms with Crippen LogP contribution in [0.2, 0.25) is 5.02 Å². The Balaban J connectivity index is 1.53. The van der Waals surface area contributed by atoms with E-state index in [1.54, 1.807) is 13.1 Å². The van der Waals surface area contributed by atoms with E-state index in [1.165, 1.54) is 5.56 Å². The number of unbranched alkanes of at least 4 members (excludes halogenated alkanes) is 2. The van der Waals surface area contributed by atoms with Crippen molar-refractivity contribution in [3.05, 3.63) is 83.0 Å². The van der Waals surface area contributed by atoms with E-state index < -0.39 is 0 Å². The smallest absolute Gasteiger partial charge is 0.176 e. The van der Waals surface area contributed by atoms with Crippen LogP contribution in [0.15, 0.2) is 71.9 Å². The summed E-state index contributed by atoms with van der Waals surface area (Å²) < 4.78 is 0. The van der Waals surface area contributed by atoms with Crippen LogP contribution in [0.4, 0.5) is 5.82 Å². The van der Waals surface area contributed by atoms with Gasteiger partial charge in [0.05, 0.1) is 5.71 Å². The Kier molecular flexibility index (Phi) is 7.92. The molecule has 4 heteroatoms. The predicted molar refractivity (Wildman–Crippen MR) is 126 cm³/mol. The molecule has 0 aliphatic rings. The molecule has 0 saturated heterocycles. The maximum absolute atomic E-state index is 12.4. The third-order valence-corrected chi connectivity index (χ3v) is 5.33. The van der Waals surface area contributed by atoms with Gasteiger partial charge in [0.2, 0.25) is 0 Å². The van der Waals surface area contributed by atoms with Crippen LogP contribution < -0.4 is 0 Å². The van der Waals surface area contributed by atoms with Crippen LogP contribution in [0.1, 0.15) is 43.7 Å². The predicted octanol–water partition coefficient (Wildman–Crippen LogP) is 7.18. The third kappa shape index (κ3) is 6.36. The van der Waals surface area contributed by atoms with Gasteiger partial charge >= 0.3 is 0 Å². The molecule has 154 valence electrons. The van der Waals surface area contributed by atoms with Gasteiger partial charge in [-0.1, -0.05) is 60.5 Å². The van der Waals surface area contributed by atoms with Crippen molar-refractivity contribution < 1.29 is 4.79 Å². The first-order valence-electron chi connectivity index (χ1n) is 10.4. The second-order valence-electron chi connectivity index (χ2n) is 7.54. The van der Waals surface area contributed by atoms with E-state index in [0.717, 1.165) is 42.4 Å². The molecule has 0 unspecified atom stereocenters. The van der Waals surface area contributed by atoms with Crippen LogP contribution in [0.5, 0.6) is 0 Å². The number of carbonyl (C=O) groups is 1. The average Bonchev–Trinajstić information content (AvgIpc) is 2.75. The first kappa shape index (κ1) is 21.9. The molecule has 0 saturated carbocycles. The molecule has 0 N–H and O–H groups in total. The summed E-state index contributed by atoms with van der Waals surface area (Å²) in [6.07, 6.45) is 6.39. The van der Waals surface area contributed by atoms with Crippen molar-refractivity contribution in [1.82, 2.24) is 4.98 Å². The van der Waals surface area contributed by atoms with Crippen LogP contribution in [0.3, 0.4) is 0 Å². The lowest BCUT2D eigenvalue weighted by Gasteiger charge is -2.07. The third-order valence-electron chi connectivity index (χ3n) is 5.10. The Morgan fingerprint density at radius 1 is 0.967 bits per heavy atom. The van der Waals surface area contributed by atoms with Gasteiger partial charge < -0.3 is 0 Å². The number of pyridine rings is 1. The van der Waals surface area contributed by atoms with Gasteiger partial charge in [0, 0.05) is 23.2 Å². The molecule has 3 nitrogen and oxygen atoms in total. The van der Waals surface area contributed by atoms with Gasteiger partial charge in [-0.15, -0.1) is 0 Å². The zero-order valence-electron chi connectivity index (χ0n) is 17.6. The monoisotopic (exact) mass is 418 g/mol. The Morgan fingerprint density at radius 2 is 1.77 bits per heavy atom. The minimum Gasteiger partial charge on any atom is -0.293 e. The Hall–Kier alpha value is -2.78. The molecule has 0 aliphatic carbocycles. The highest BCUT2D eigenvalue weighted by molar-refractivity contribution is 6.39. The van der Waals surface area contributed by atoms with Crippen molar-refractivity contribution in [2.24, 2.45) is 4.99 Å². The Bertz CT molecular complexity index is 1030. The van der Waals surface area contributed by atoms with Crippen molar-refractivity contribution >= 4 is 28.9 Å². The molecule has 0 amide bonds. The second kappa shape index (κ2) is 10.8. The van der Waals surface area contributed by atoms with Crippen LogP contribution in [-0.4, -0.2) is 16.5 Å². The fourth-order valence-corrected chi connectivity index (χ4v) is 3.54. The zero-order valence-corrected chi connectivity index (χ0v) is 18.3. The molecular formula is C26H27ClN2O. The lowest BCUT2D eigenvalue weighted by molar-refractivity contribution is -0.113. The molecule has 3 rings (SSSR count). The van der Waals surface area contributed by atoms with Crippen LogP contribution in [0, 0.1) is 6.92 Å². The van der Waals surface area contributed by atoms with Gasteiger partial charge in [0.25, 0.3) is 0 Å². The molecule has 30 heavy (non-hydrogen) atoms. The molecule has 0 atom stereocenters. The summed E-state index contributed by atoms with van der Waals surface area (Å²) >= 11 is 6.08. The van der Waals surface area contributed by atoms with Gasteiger partial charge in [0.1, 0.15) is 0 Å². The summed E-state index contributed by atoms with van der Waals surface area (Å²) in [6.45, 7) is 3.74. The highest BCUT2D eigenvalue weighted by atomic mass is 35.5. The Labute approximate surface area is 183 Å². The molecule has 1 heterocycles. The molecule has 2 aromatic carbocycles. The second-order valence-corrected chi connectivity index (χ2v) is 7.98. The molecular weight excluding hydrogens is 392 g/mol. The fourth-order valence-electron chi connectivity index (χ4n) is 3.35. The van der Waals surface area contributed by atoms with E-state index in [-0.39, 0.29) is 5.78 Å².